The van der Waals surface area contributed by atoms with Gasteiger partial charge in [-0.15, -0.1) is 0 Å². The predicted octanol–water partition coefficient (Wildman–Crippen LogP) is 6.14. The van der Waals surface area contributed by atoms with Crippen LogP contribution in [-0.4, -0.2) is 71.1 Å². The van der Waals surface area contributed by atoms with Crippen LogP contribution in [0, 0.1) is 0 Å². The van der Waals surface area contributed by atoms with Gasteiger partial charge in [-0.1, -0.05) is 97.3 Å². The van der Waals surface area contributed by atoms with Gasteiger partial charge in [-0.3, -0.25) is 9.59 Å². The molecule has 0 heterocycles. The second kappa shape index (κ2) is 24.2. The molecule has 1 unspecified atom stereocenters. The molecular weight excluding hydrogens is 382 g/mol. The van der Waals surface area contributed by atoms with E-state index in [0.29, 0.717) is 0 Å². The Morgan fingerprint density at radius 2 is 1.03 bits per heavy atom. The molecule has 0 saturated heterocycles. The Morgan fingerprint density at radius 1 is 0.700 bits per heavy atom. The van der Waals surface area contributed by atoms with Crippen molar-refractivity contribution in [1.29, 1.82) is 0 Å². The minimum atomic E-state index is -1.12. The molecule has 4 nitrogen and oxygen atoms in total. The number of hydrogen-bond donors (Lipinski definition) is 1. The van der Waals surface area contributed by atoms with Crippen LogP contribution in [0.4, 0.5) is 0 Å². The van der Waals surface area contributed by atoms with Gasteiger partial charge in [-0.25, -0.2) is 0 Å². The number of esters is 1. The van der Waals surface area contributed by atoms with Gasteiger partial charge in [0.1, 0.15) is 12.0 Å². The molecule has 0 bridgehead atoms. The van der Waals surface area contributed by atoms with Crippen molar-refractivity contribution in [3.8, 4) is 0 Å². The summed E-state index contributed by atoms with van der Waals surface area (Å²) in [6.45, 7) is 6.43. The minimum absolute atomic E-state index is 0. The third-order valence-electron chi connectivity index (χ3n) is 5.52. The van der Waals surface area contributed by atoms with Crippen molar-refractivity contribution < 1.29 is 19.4 Å². The zero-order valence-corrected chi connectivity index (χ0v) is 18.9. The standard InChI is InChI=1S/C24H46O4.Li.Na.2H/c1-4-6-8-10-11-12-13-14-16-18-20-24(3,19-17-15-9-7-5-2)28-23(27)21-22(25)26;;;;/h4-21H2,1-3H3,(H,25,26);;;;. The van der Waals surface area contributed by atoms with E-state index < -0.39 is 24.0 Å². The Hall–Kier alpha value is 0.537. The van der Waals surface area contributed by atoms with Crippen molar-refractivity contribution in [2.45, 2.75) is 142 Å². The van der Waals surface area contributed by atoms with Crippen LogP contribution in [0.5, 0.6) is 0 Å². The van der Waals surface area contributed by atoms with Crippen LogP contribution in [0.3, 0.4) is 0 Å². The molecule has 170 valence electrons. The summed E-state index contributed by atoms with van der Waals surface area (Å²) in [6, 6.07) is 0. The molecular formula is C24H48LiNaO4. The Labute approximate surface area is 220 Å². The molecule has 1 N–H and O–H groups in total. The van der Waals surface area contributed by atoms with Gasteiger partial charge in [0.2, 0.25) is 0 Å². The number of carboxylic acid groups (broad SMARTS) is 1. The molecule has 0 aromatic heterocycles. The van der Waals surface area contributed by atoms with E-state index in [1.165, 1.54) is 70.6 Å². The van der Waals surface area contributed by atoms with Crippen molar-refractivity contribution in [3.63, 3.8) is 0 Å². The van der Waals surface area contributed by atoms with E-state index in [0.717, 1.165) is 38.5 Å². The average Bonchev–Trinajstić information content (AvgIpc) is 2.62. The number of rotatable bonds is 20. The Balaban J connectivity index is -0.00000364. The van der Waals surface area contributed by atoms with Gasteiger partial charge >= 0.3 is 60.4 Å². The molecule has 0 radical (unpaired) electrons. The summed E-state index contributed by atoms with van der Waals surface area (Å²) in [6.07, 6.45) is 19.8. The number of ether oxygens (including phenoxy) is 1. The fourth-order valence-electron chi connectivity index (χ4n) is 3.75. The summed E-state index contributed by atoms with van der Waals surface area (Å²) >= 11 is 0. The molecule has 0 spiro atoms. The van der Waals surface area contributed by atoms with Crippen LogP contribution in [-0.2, 0) is 14.3 Å². The van der Waals surface area contributed by atoms with E-state index in [4.69, 9.17) is 9.84 Å². The first-order valence-corrected chi connectivity index (χ1v) is 11.9. The first kappa shape index (κ1) is 35.1. The van der Waals surface area contributed by atoms with E-state index in [1.807, 2.05) is 6.92 Å². The molecule has 0 rings (SSSR count). The van der Waals surface area contributed by atoms with Gasteiger partial charge in [-0.2, -0.15) is 0 Å². The summed E-state index contributed by atoms with van der Waals surface area (Å²) in [4.78, 5) is 22.7. The summed E-state index contributed by atoms with van der Waals surface area (Å²) < 4.78 is 5.62. The molecule has 6 heteroatoms. The van der Waals surface area contributed by atoms with Crippen LogP contribution in [0.1, 0.15) is 136 Å². The number of carbonyl (C=O) groups is 2. The normalized spacial score (nSPS) is 12.4. The quantitative estimate of drug-likeness (QED) is 0.109. The summed E-state index contributed by atoms with van der Waals surface area (Å²) in [5.41, 5.74) is -0.515. The number of carbonyl (C=O) groups excluding carboxylic acids is 1. The maximum atomic E-state index is 11.9. The van der Waals surface area contributed by atoms with Crippen LogP contribution < -0.4 is 0 Å². The van der Waals surface area contributed by atoms with Crippen LogP contribution in [0.2, 0.25) is 0 Å². The molecule has 30 heavy (non-hydrogen) atoms. The van der Waals surface area contributed by atoms with E-state index in [-0.39, 0.29) is 48.4 Å². The SMILES string of the molecule is CCCCCCCCCCCCC(C)(CCCCCCC)OC(=O)CC(=O)O.[LiH].[NaH]. The molecule has 0 aliphatic rings. The van der Waals surface area contributed by atoms with Crippen LogP contribution in [0.25, 0.3) is 0 Å². The van der Waals surface area contributed by atoms with Crippen molar-refractivity contribution >= 4 is 60.4 Å². The van der Waals surface area contributed by atoms with Crippen molar-refractivity contribution in [2.75, 3.05) is 0 Å². The van der Waals surface area contributed by atoms with Gasteiger partial charge in [0.15, 0.2) is 0 Å². The Bertz CT molecular complexity index is 407. The molecule has 0 aliphatic carbocycles. The fraction of sp³-hybridized carbons (Fsp3) is 0.917. The number of hydrogen-bond acceptors (Lipinski definition) is 3. The third-order valence-corrected chi connectivity index (χ3v) is 5.52. The van der Waals surface area contributed by atoms with E-state index in [1.54, 1.807) is 0 Å². The van der Waals surface area contributed by atoms with Crippen LogP contribution in [0.15, 0.2) is 0 Å². The van der Waals surface area contributed by atoms with Crippen molar-refractivity contribution in [2.24, 2.45) is 0 Å². The molecule has 0 aromatic carbocycles. The topological polar surface area (TPSA) is 63.6 Å². The van der Waals surface area contributed by atoms with Gasteiger partial charge in [0.25, 0.3) is 0 Å². The average molecular weight is 431 g/mol. The zero-order chi connectivity index (χ0) is 21.1. The molecule has 0 aliphatic heterocycles. The Morgan fingerprint density at radius 3 is 1.37 bits per heavy atom. The zero-order valence-electron chi connectivity index (χ0n) is 18.9. The molecule has 0 aromatic rings. The fourth-order valence-corrected chi connectivity index (χ4v) is 3.75. The summed E-state index contributed by atoms with van der Waals surface area (Å²) in [5, 5.41) is 8.82. The third kappa shape index (κ3) is 23.2. The maximum absolute atomic E-state index is 11.9. The van der Waals surface area contributed by atoms with E-state index >= 15 is 0 Å². The summed E-state index contributed by atoms with van der Waals surface area (Å²) in [7, 11) is 0. The van der Waals surface area contributed by atoms with Gasteiger partial charge in [0, 0.05) is 0 Å². The molecule has 0 amide bonds. The number of aliphatic carboxylic acids is 1. The van der Waals surface area contributed by atoms with Gasteiger partial charge < -0.3 is 9.84 Å². The van der Waals surface area contributed by atoms with Crippen molar-refractivity contribution in [3.05, 3.63) is 0 Å². The number of unbranched alkanes of at least 4 members (excludes halogenated alkanes) is 13. The number of carboxylic acids is 1. The van der Waals surface area contributed by atoms with Crippen LogP contribution >= 0.6 is 0 Å². The molecule has 0 fully saturated rings. The Kier molecular flexibility index (Phi) is 28.3. The van der Waals surface area contributed by atoms with Gasteiger partial charge in [-0.05, 0) is 32.6 Å². The predicted molar refractivity (Wildman–Crippen MR) is 131 cm³/mol. The molecule has 1 atom stereocenters. The van der Waals surface area contributed by atoms with E-state index in [9.17, 15) is 9.59 Å². The van der Waals surface area contributed by atoms with Gasteiger partial charge in [0.05, 0.1) is 0 Å². The first-order chi connectivity index (χ1) is 13.4. The monoisotopic (exact) mass is 430 g/mol. The van der Waals surface area contributed by atoms with E-state index in [2.05, 4.69) is 13.8 Å². The first-order valence-electron chi connectivity index (χ1n) is 11.9. The van der Waals surface area contributed by atoms with Crippen molar-refractivity contribution in [1.82, 2.24) is 0 Å². The second-order valence-corrected chi connectivity index (χ2v) is 8.59. The molecule has 0 saturated carbocycles. The summed E-state index contributed by atoms with van der Waals surface area (Å²) in [5.74, 6) is -1.72. The second-order valence-electron chi connectivity index (χ2n) is 8.59.